The fourth-order valence-electron chi connectivity index (χ4n) is 4.42. The standard InChI is InChI=1S/C20H22N2O2/c1-4-22-11-10-16-19(2,3)17(23)14(13-21)12-20(16,18(22)24)15-8-6-5-7-9-15/h5-9,12,16H,4,10-11H2,1-3H3/t16-,20-/m1/s1. The first-order valence-corrected chi connectivity index (χ1v) is 8.42. The van der Waals surface area contributed by atoms with Crippen LogP contribution in [0.15, 0.2) is 42.0 Å². The molecule has 1 aromatic carbocycles. The van der Waals surface area contributed by atoms with Gasteiger partial charge >= 0.3 is 0 Å². The van der Waals surface area contributed by atoms with Crippen LogP contribution < -0.4 is 0 Å². The third kappa shape index (κ3) is 2.04. The molecule has 0 aromatic heterocycles. The average Bonchev–Trinajstić information content (AvgIpc) is 2.60. The number of hydrogen-bond acceptors (Lipinski definition) is 3. The summed E-state index contributed by atoms with van der Waals surface area (Å²) in [5.74, 6) is -0.299. The summed E-state index contributed by atoms with van der Waals surface area (Å²) in [7, 11) is 0. The molecule has 0 saturated carbocycles. The number of carbonyl (C=O) groups excluding carboxylic acids is 2. The predicted octanol–water partition coefficient (Wildman–Crippen LogP) is 2.85. The van der Waals surface area contributed by atoms with Crippen molar-refractivity contribution < 1.29 is 9.59 Å². The van der Waals surface area contributed by atoms with Crippen LogP contribution in [-0.2, 0) is 15.0 Å². The zero-order valence-electron chi connectivity index (χ0n) is 14.4. The summed E-state index contributed by atoms with van der Waals surface area (Å²) in [6, 6.07) is 11.6. The Morgan fingerprint density at radius 3 is 2.50 bits per heavy atom. The molecule has 2 aliphatic rings. The highest BCUT2D eigenvalue weighted by atomic mass is 16.2. The van der Waals surface area contributed by atoms with E-state index >= 15 is 0 Å². The van der Waals surface area contributed by atoms with Crippen LogP contribution in [0.3, 0.4) is 0 Å². The highest BCUT2D eigenvalue weighted by molar-refractivity contribution is 6.08. The first kappa shape index (κ1) is 16.4. The largest absolute Gasteiger partial charge is 0.342 e. The van der Waals surface area contributed by atoms with Gasteiger partial charge in [-0.05, 0) is 30.9 Å². The Bertz CT molecular complexity index is 758. The summed E-state index contributed by atoms with van der Waals surface area (Å²) in [6.45, 7) is 6.99. The van der Waals surface area contributed by atoms with E-state index in [1.807, 2.05) is 62.1 Å². The Morgan fingerprint density at radius 1 is 1.25 bits per heavy atom. The Labute approximate surface area is 142 Å². The highest BCUT2D eigenvalue weighted by Gasteiger charge is 2.60. The van der Waals surface area contributed by atoms with E-state index in [9.17, 15) is 14.9 Å². The minimum atomic E-state index is -0.933. The van der Waals surface area contributed by atoms with Crippen molar-refractivity contribution >= 4 is 11.7 Å². The fraction of sp³-hybridized carbons (Fsp3) is 0.450. The third-order valence-corrected chi connectivity index (χ3v) is 5.71. The van der Waals surface area contributed by atoms with Crippen LogP contribution in [0.4, 0.5) is 0 Å². The van der Waals surface area contributed by atoms with Crippen molar-refractivity contribution in [3.05, 3.63) is 47.5 Å². The predicted molar refractivity (Wildman–Crippen MR) is 91.0 cm³/mol. The van der Waals surface area contributed by atoms with Crippen LogP contribution in [0.5, 0.6) is 0 Å². The summed E-state index contributed by atoms with van der Waals surface area (Å²) in [6.07, 6.45) is 2.40. The molecule has 0 unspecified atom stereocenters. The maximum absolute atomic E-state index is 13.4. The Hall–Kier alpha value is -2.41. The lowest BCUT2D eigenvalue weighted by Gasteiger charge is -2.53. The van der Waals surface area contributed by atoms with Gasteiger partial charge in [-0.3, -0.25) is 9.59 Å². The van der Waals surface area contributed by atoms with Crippen LogP contribution in [0.25, 0.3) is 0 Å². The highest BCUT2D eigenvalue weighted by Crippen LogP contribution is 2.53. The average molecular weight is 322 g/mol. The Balaban J connectivity index is 2.33. The van der Waals surface area contributed by atoms with E-state index in [0.717, 1.165) is 12.0 Å². The molecule has 1 saturated heterocycles. The van der Waals surface area contributed by atoms with E-state index in [2.05, 4.69) is 0 Å². The molecule has 1 heterocycles. The summed E-state index contributed by atoms with van der Waals surface area (Å²) in [5.41, 5.74) is -0.707. The minimum absolute atomic E-state index is 0.000718. The van der Waals surface area contributed by atoms with Gasteiger partial charge in [0.1, 0.15) is 6.07 Å². The molecule has 1 aliphatic heterocycles. The zero-order valence-corrected chi connectivity index (χ0v) is 14.4. The molecule has 0 bridgehead atoms. The van der Waals surface area contributed by atoms with Crippen LogP contribution >= 0.6 is 0 Å². The van der Waals surface area contributed by atoms with Gasteiger partial charge < -0.3 is 4.90 Å². The second-order valence-electron chi connectivity index (χ2n) is 7.18. The molecule has 4 heteroatoms. The first-order chi connectivity index (χ1) is 11.4. The van der Waals surface area contributed by atoms with Gasteiger partial charge in [-0.1, -0.05) is 44.2 Å². The van der Waals surface area contributed by atoms with Crippen LogP contribution in [0.1, 0.15) is 32.8 Å². The molecule has 0 spiro atoms. The maximum atomic E-state index is 13.4. The number of allylic oxidation sites excluding steroid dienone is 1. The number of rotatable bonds is 2. The molecule has 1 aliphatic carbocycles. The molecule has 3 rings (SSSR count). The number of likely N-dealkylation sites (tertiary alicyclic amines) is 1. The summed E-state index contributed by atoms with van der Waals surface area (Å²) < 4.78 is 0. The Kier molecular flexibility index (Phi) is 3.83. The van der Waals surface area contributed by atoms with E-state index in [0.29, 0.717) is 13.1 Å². The van der Waals surface area contributed by atoms with E-state index in [-0.39, 0.29) is 23.2 Å². The molecule has 1 fully saturated rings. The number of benzene rings is 1. The molecular formula is C20H22N2O2. The number of nitriles is 1. The van der Waals surface area contributed by atoms with E-state index in [1.165, 1.54) is 0 Å². The van der Waals surface area contributed by atoms with Gasteiger partial charge in [0.2, 0.25) is 5.91 Å². The van der Waals surface area contributed by atoms with Gasteiger partial charge in [-0.15, -0.1) is 0 Å². The van der Waals surface area contributed by atoms with Crippen LogP contribution in [0, 0.1) is 22.7 Å². The molecule has 2 atom stereocenters. The smallest absolute Gasteiger partial charge is 0.237 e. The molecule has 0 radical (unpaired) electrons. The lowest BCUT2D eigenvalue weighted by molar-refractivity contribution is -0.148. The van der Waals surface area contributed by atoms with Gasteiger partial charge in [-0.2, -0.15) is 5.26 Å². The topological polar surface area (TPSA) is 61.2 Å². The van der Waals surface area contributed by atoms with Gasteiger partial charge in [0.05, 0.1) is 11.0 Å². The van der Waals surface area contributed by atoms with Gasteiger partial charge in [0.25, 0.3) is 0 Å². The summed E-state index contributed by atoms with van der Waals surface area (Å²) in [5, 5.41) is 9.49. The lowest BCUT2D eigenvalue weighted by Crippen LogP contribution is -2.62. The normalized spacial score (nSPS) is 28.8. The first-order valence-electron chi connectivity index (χ1n) is 8.42. The molecule has 24 heavy (non-hydrogen) atoms. The zero-order chi connectivity index (χ0) is 17.5. The number of piperidine rings is 1. The van der Waals surface area contributed by atoms with E-state index in [4.69, 9.17) is 0 Å². The van der Waals surface area contributed by atoms with Gasteiger partial charge in [0, 0.05) is 18.5 Å². The van der Waals surface area contributed by atoms with Crippen molar-refractivity contribution in [2.75, 3.05) is 13.1 Å². The minimum Gasteiger partial charge on any atom is -0.342 e. The molecule has 4 nitrogen and oxygen atoms in total. The van der Waals surface area contributed by atoms with E-state index in [1.54, 1.807) is 6.08 Å². The van der Waals surface area contributed by atoms with Crippen molar-refractivity contribution in [3.8, 4) is 6.07 Å². The molecule has 124 valence electrons. The van der Waals surface area contributed by atoms with Crippen molar-refractivity contribution in [1.82, 2.24) is 4.90 Å². The number of amides is 1. The van der Waals surface area contributed by atoms with Crippen molar-refractivity contribution in [2.24, 2.45) is 11.3 Å². The van der Waals surface area contributed by atoms with Gasteiger partial charge in [-0.25, -0.2) is 0 Å². The van der Waals surface area contributed by atoms with E-state index < -0.39 is 10.8 Å². The molecule has 1 aromatic rings. The Morgan fingerprint density at radius 2 is 1.92 bits per heavy atom. The number of hydrogen-bond donors (Lipinski definition) is 0. The third-order valence-electron chi connectivity index (χ3n) is 5.71. The van der Waals surface area contributed by atoms with Crippen LogP contribution in [0.2, 0.25) is 0 Å². The SMILES string of the molecule is CCN1CC[C@@H]2C(C)(C)C(=O)C(C#N)=C[C@]2(c2ccccc2)C1=O. The number of likely N-dealkylation sites (N-methyl/N-ethyl adjacent to an activating group) is 1. The number of ketones is 1. The monoisotopic (exact) mass is 322 g/mol. The van der Waals surface area contributed by atoms with Crippen molar-refractivity contribution in [2.45, 2.75) is 32.6 Å². The second kappa shape index (κ2) is 5.59. The quantitative estimate of drug-likeness (QED) is 0.841. The fourth-order valence-corrected chi connectivity index (χ4v) is 4.42. The maximum Gasteiger partial charge on any atom is 0.237 e. The summed E-state index contributed by atoms with van der Waals surface area (Å²) >= 11 is 0. The molecule has 1 amide bonds. The molecular weight excluding hydrogens is 300 g/mol. The van der Waals surface area contributed by atoms with Crippen molar-refractivity contribution in [1.29, 1.82) is 5.26 Å². The number of carbonyl (C=O) groups is 2. The van der Waals surface area contributed by atoms with Gasteiger partial charge in [0.15, 0.2) is 5.78 Å². The lowest BCUT2D eigenvalue weighted by atomic mass is 9.52. The number of Topliss-reactive ketones (excluding diaryl/α,β-unsaturated/α-hetero) is 1. The summed E-state index contributed by atoms with van der Waals surface area (Å²) in [4.78, 5) is 28.0. The second-order valence-corrected chi connectivity index (χ2v) is 7.18. The molecule has 0 N–H and O–H groups in total. The number of fused-ring (bicyclic) bond motifs is 1. The van der Waals surface area contributed by atoms with Crippen molar-refractivity contribution in [3.63, 3.8) is 0 Å². The van der Waals surface area contributed by atoms with Crippen LogP contribution in [-0.4, -0.2) is 29.7 Å². The number of nitrogens with zero attached hydrogens (tertiary/aromatic N) is 2.